The van der Waals surface area contributed by atoms with Gasteiger partial charge >= 0.3 is 0 Å². The van der Waals surface area contributed by atoms with Crippen LogP contribution in [0, 0.1) is 5.92 Å². The molecule has 1 heterocycles. The topological polar surface area (TPSA) is 24.9 Å². The fraction of sp³-hybridized carbons (Fsp3) is 0.438. The Bertz CT molecular complexity index is 582. The summed E-state index contributed by atoms with van der Waals surface area (Å²) < 4.78 is 0. The molecular weight excluding hydrogens is 256 g/mol. The highest BCUT2D eigenvalue weighted by Gasteiger charge is 2.18. The van der Waals surface area contributed by atoms with Crippen LogP contribution < -0.4 is 5.32 Å². The van der Waals surface area contributed by atoms with Gasteiger partial charge in [0.1, 0.15) is 5.82 Å². The van der Waals surface area contributed by atoms with Crippen LogP contribution in [0.5, 0.6) is 0 Å². The van der Waals surface area contributed by atoms with Crippen molar-refractivity contribution in [1.29, 1.82) is 0 Å². The van der Waals surface area contributed by atoms with Gasteiger partial charge in [-0.25, -0.2) is 4.98 Å². The Morgan fingerprint density at radius 1 is 1.21 bits per heavy atom. The van der Waals surface area contributed by atoms with E-state index in [1.165, 1.54) is 25.7 Å². The van der Waals surface area contributed by atoms with Crippen LogP contribution in [0.1, 0.15) is 32.6 Å². The Balaban J connectivity index is 1.83. The largest absolute Gasteiger partial charge is 0.367 e. The van der Waals surface area contributed by atoms with Gasteiger partial charge in [-0.15, -0.1) is 0 Å². The highest BCUT2D eigenvalue weighted by molar-refractivity contribution is 6.35. The third kappa shape index (κ3) is 2.84. The normalized spacial score (nSPS) is 23.5. The van der Waals surface area contributed by atoms with E-state index in [1.54, 1.807) is 0 Å². The van der Waals surface area contributed by atoms with Crippen LogP contribution in [0.15, 0.2) is 30.3 Å². The Labute approximate surface area is 119 Å². The number of aromatic nitrogens is 1. The molecule has 0 bridgehead atoms. The Morgan fingerprint density at radius 2 is 2.11 bits per heavy atom. The number of rotatable bonds is 2. The van der Waals surface area contributed by atoms with Crippen LogP contribution in [-0.2, 0) is 0 Å². The average molecular weight is 275 g/mol. The minimum atomic E-state index is 0.552. The lowest BCUT2D eigenvalue weighted by Gasteiger charge is -2.27. The summed E-state index contributed by atoms with van der Waals surface area (Å²) in [6.07, 6.45) is 5.15. The predicted octanol–water partition coefficient (Wildman–Crippen LogP) is 4.88. The lowest BCUT2D eigenvalue weighted by Crippen LogP contribution is -2.26. The van der Waals surface area contributed by atoms with Crippen molar-refractivity contribution in [3.63, 3.8) is 0 Å². The minimum Gasteiger partial charge on any atom is -0.367 e. The van der Waals surface area contributed by atoms with Crippen molar-refractivity contribution in [3.05, 3.63) is 35.4 Å². The molecule has 1 fully saturated rings. The van der Waals surface area contributed by atoms with Crippen molar-refractivity contribution in [2.24, 2.45) is 5.92 Å². The summed E-state index contributed by atoms with van der Waals surface area (Å²) in [5.41, 5.74) is 0.887. The fourth-order valence-electron chi connectivity index (χ4n) is 2.97. The van der Waals surface area contributed by atoms with Crippen molar-refractivity contribution in [2.45, 2.75) is 38.6 Å². The van der Waals surface area contributed by atoms with Gasteiger partial charge in [0.05, 0.1) is 10.5 Å². The first-order valence-corrected chi connectivity index (χ1v) is 7.42. The summed E-state index contributed by atoms with van der Waals surface area (Å²) in [5, 5.41) is 5.37. The SMILES string of the molecule is C[C@@H]1CCCC(Nc2ccc3cccc(Cl)c3n2)C1. The molecule has 1 N–H and O–H groups in total. The number of pyridine rings is 1. The van der Waals surface area contributed by atoms with Gasteiger partial charge in [-0.3, -0.25) is 0 Å². The van der Waals surface area contributed by atoms with Crippen molar-refractivity contribution in [3.8, 4) is 0 Å². The number of nitrogens with zero attached hydrogens (tertiary/aromatic N) is 1. The Hall–Kier alpha value is -1.28. The van der Waals surface area contributed by atoms with Crippen LogP contribution in [0.25, 0.3) is 10.9 Å². The summed E-state index contributed by atoms with van der Waals surface area (Å²) in [6, 6.07) is 10.6. The monoisotopic (exact) mass is 274 g/mol. The molecule has 1 aliphatic rings. The number of nitrogens with one attached hydrogen (secondary N) is 1. The van der Waals surface area contributed by atoms with Gasteiger partial charge in [0, 0.05) is 11.4 Å². The molecular formula is C16H19ClN2. The molecule has 100 valence electrons. The van der Waals surface area contributed by atoms with Crippen LogP contribution in [0.3, 0.4) is 0 Å². The van der Waals surface area contributed by atoms with Crippen LogP contribution >= 0.6 is 11.6 Å². The molecule has 1 unspecified atom stereocenters. The van der Waals surface area contributed by atoms with E-state index >= 15 is 0 Å². The summed E-state index contributed by atoms with van der Waals surface area (Å²) >= 11 is 6.20. The Morgan fingerprint density at radius 3 is 2.95 bits per heavy atom. The second-order valence-corrected chi connectivity index (χ2v) is 6.03. The number of para-hydroxylation sites is 1. The summed E-state index contributed by atoms with van der Waals surface area (Å²) in [5.74, 6) is 1.76. The maximum absolute atomic E-state index is 6.20. The van der Waals surface area contributed by atoms with E-state index in [0.717, 1.165) is 27.7 Å². The van der Waals surface area contributed by atoms with Gasteiger partial charge in [-0.2, -0.15) is 0 Å². The second kappa shape index (κ2) is 5.38. The molecule has 3 rings (SSSR count). The quantitative estimate of drug-likeness (QED) is 0.844. The molecule has 19 heavy (non-hydrogen) atoms. The number of fused-ring (bicyclic) bond motifs is 1. The molecule has 2 nitrogen and oxygen atoms in total. The maximum Gasteiger partial charge on any atom is 0.126 e. The summed E-state index contributed by atoms with van der Waals surface area (Å²) in [7, 11) is 0. The number of benzene rings is 1. The van der Waals surface area contributed by atoms with Crippen LogP contribution in [0.4, 0.5) is 5.82 Å². The van der Waals surface area contributed by atoms with Crippen LogP contribution in [-0.4, -0.2) is 11.0 Å². The van der Waals surface area contributed by atoms with Gasteiger partial charge < -0.3 is 5.32 Å². The first-order chi connectivity index (χ1) is 9.22. The molecule has 0 spiro atoms. The molecule has 2 atom stereocenters. The van der Waals surface area contributed by atoms with Crippen molar-refractivity contribution in [2.75, 3.05) is 5.32 Å². The lowest BCUT2D eigenvalue weighted by molar-refractivity contribution is 0.358. The van der Waals surface area contributed by atoms with Gasteiger partial charge in [0.2, 0.25) is 0 Å². The average Bonchev–Trinajstić information content (AvgIpc) is 2.40. The van der Waals surface area contributed by atoms with Crippen molar-refractivity contribution in [1.82, 2.24) is 4.98 Å². The number of hydrogen-bond acceptors (Lipinski definition) is 2. The highest BCUT2D eigenvalue weighted by Crippen LogP contribution is 2.27. The first kappa shape index (κ1) is 12.7. The van der Waals surface area contributed by atoms with E-state index in [4.69, 9.17) is 11.6 Å². The Kier molecular flexibility index (Phi) is 3.61. The molecule has 0 saturated heterocycles. The molecule has 1 saturated carbocycles. The molecule has 1 aromatic heterocycles. The van der Waals surface area contributed by atoms with Gasteiger partial charge in [0.25, 0.3) is 0 Å². The number of halogens is 1. The van der Waals surface area contributed by atoms with Crippen molar-refractivity contribution >= 4 is 28.3 Å². The molecule has 0 radical (unpaired) electrons. The van der Waals surface area contributed by atoms with E-state index in [-0.39, 0.29) is 0 Å². The highest BCUT2D eigenvalue weighted by atomic mass is 35.5. The number of hydrogen-bond donors (Lipinski definition) is 1. The molecule has 2 aromatic rings. The zero-order valence-electron chi connectivity index (χ0n) is 11.2. The zero-order valence-corrected chi connectivity index (χ0v) is 12.0. The molecule has 3 heteroatoms. The molecule has 1 aromatic carbocycles. The minimum absolute atomic E-state index is 0.552. The smallest absolute Gasteiger partial charge is 0.126 e. The van der Waals surface area contributed by atoms with E-state index in [2.05, 4.69) is 29.4 Å². The van der Waals surface area contributed by atoms with E-state index in [0.29, 0.717) is 6.04 Å². The van der Waals surface area contributed by atoms with Gasteiger partial charge in [-0.1, -0.05) is 43.5 Å². The van der Waals surface area contributed by atoms with Crippen LogP contribution in [0.2, 0.25) is 5.02 Å². The van der Waals surface area contributed by atoms with E-state index in [9.17, 15) is 0 Å². The third-order valence-electron chi connectivity index (χ3n) is 3.96. The predicted molar refractivity (Wildman–Crippen MR) is 81.8 cm³/mol. The molecule has 1 aliphatic carbocycles. The first-order valence-electron chi connectivity index (χ1n) is 7.04. The van der Waals surface area contributed by atoms with E-state index in [1.807, 2.05) is 18.2 Å². The maximum atomic E-state index is 6.20. The standard InChI is InChI=1S/C16H19ClN2/c1-11-4-2-6-13(10-11)18-15-9-8-12-5-3-7-14(17)16(12)19-15/h3,5,7-9,11,13H,2,4,6,10H2,1H3,(H,18,19)/t11-,13?/m1/s1. The summed E-state index contributed by atoms with van der Waals surface area (Å²) in [4.78, 5) is 4.65. The molecule has 0 aliphatic heterocycles. The van der Waals surface area contributed by atoms with Crippen molar-refractivity contribution < 1.29 is 0 Å². The lowest BCUT2D eigenvalue weighted by atomic mass is 9.87. The van der Waals surface area contributed by atoms with Gasteiger partial charge in [-0.05, 0) is 37.0 Å². The van der Waals surface area contributed by atoms with Gasteiger partial charge in [0.15, 0.2) is 0 Å². The van der Waals surface area contributed by atoms with E-state index < -0.39 is 0 Å². The molecule has 0 amide bonds. The third-order valence-corrected chi connectivity index (χ3v) is 4.26. The second-order valence-electron chi connectivity index (χ2n) is 5.62. The summed E-state index contributed by atoms with van der Waals surface area (Å²) in [6.45, 7) is 2.33. The number of anilines is 1. The fourth-order valence-corrected chi connectivity index (χ4v) is 3.19. The zero-order chi connectivity index (χ0) is 13.2.